The van der Waals surface area contributed by atoms with E-state index in [1.165, 1.54) is 74.0 Å². The molecule has 1 aromatic heterocycles. The third-order valence-corrected chi connectivity index (χ3v) is 9.09. The Kier molecular flexibility index (Phi) is 8.73. The number of nitrogens with zero attached hydrogens (tertiary/aromatic N) is 3. The summed E-state index contributed by atoms with van der Waals surface area (Å²) in [4.78, 5) is 11.1. The van der Waals surface area contributed by atoms with Gasteiger partial charge in [-0.1, -0.05) is 56.5 Å². The van der Waals surface area contributed by atoms with Gasteiger partial charge in [-0.25, -0.2) is 0 Å². The van der Waals surface area contributed by atoms with Crippen LogP contribution in [0.25, 0.3) is 16.6 Å². The molecule has 0 spiro atoms. The number of hydrogen-bond donors (Lipinski definition) is 1. The molecule has 1 saturated heterocycles. The maximum Gasteiger partial charge on any atom is 0.0855 e. The maximum absolute atomic E-state index is 4.58. The molecule has 2 fully saturated rings. The Bertz CT molecular complexity index is 1190. The third kappa shape index (κ3) is 6.32. The van der Waals surface area contributed by atoms with E-state index in [1.54, 1.807) is 11.9 Å². The van der Waals surface area contributed by atoms with E-state index in [4.69, 9.17) is 0 Å². The summed E-state index contributed by atoms with van der Waals surface area (Å²) in [6.45, 7) is 11.8. The smallest absolute Gasteiger partial charge is 0.0855 e. The van der Waals surface area contributed by atoms with Crippen LogP contribution in [-0.4, -0.2) is 47.0 Å². The van der Waals surface area contributed by atoms with Crippen molar-refractivity contribution in [1.82, 2.24) is 14.8 Å². The van der Waals surface area contributed by atoms with Gasteiger partial charge in [0.2, 0.25) is 0 Å². The van der Waals surface area contributed by atoms with Gasteiger partial charge in [-0.05, 0) is 86.4 Å². The van der Waals surface area contributed by atoms with Gasteiger partial charge in [0.15, 0.2) is 0 Å². The largest absolute Gasteiger partial charge is 0.366 e. The Morgan fingerprint density at radius 2 is 1.78 bits per heavy atom. The Hall–Kier alpha value is -2.50. The van der Waals surface area contributed by atoms with Crippen LogP contribution in [0.15, 0.2) is 71.3 Å². The highest BCUT2D eigenvalue weighted by Crippen LogP contribution is 2.32. The standard InChI is InChI=1S/C32H42N4S/c1-4-24(2)32(36-21-20-35(22-25(36)3)23-26-10-6-5-7-11-26)28-15-17-29(18-16-28)34-37-30-14-8-12-27-13-9-19-33-31(27)30/h8-9,12-19,25-26,34H,4-7,10-11,20-23H2,1-3H3/b32-24-/t25-/m0/s1. The second kappa shape index (κ2) is 12.4. The molecule has 2 heterocycles. The molecular formula is C32H42N4S. The molecule has 0 bridgehead atoms. The van der Waals surface area contributed by atoms with E-state index in [-0.39, 0.29) is 0 Å². The predicted molar refractivity (Wildman–Crippen MR) is 160 cm³/mol. The molecule has 5 rings (SSSR count). The van der Waals surface area contributed by atoms with Crippen molar-refractivity contribution >= 4 is 34.2 Å². The van der Waals surface area contributed by atoms with Gasteiger partial charge in [-0.15, -0.1) is 0 Å². The molecule has 1 aliphatic carbocycles. The van der Waals surface area contributed by atoms with Gasteiger partial charge in [-0.3, -0.25) is 9.88 Å². The van der Waals surface area contributed by atoms with Gasteiger partial charge >= 0.3 is 0 Å². The average Bonchev–Trinajstić information content (AvgIpc) is 2.94. The van der Waals surface area contributed by atoms with Crippen molar-refractivity contribution < 1.29 is 0 Å². The summed E-state index contributed by atoms with van der Waals surface area (Å²) in [5.41, 5.74) is 6.39. The molecule has 1 atom stereocenters. The SMILES string of the molecule is CC/C(C)=C(/c1ccc(NSc2cccc3cccnc23)cc1)N1CCN(CC2CCCCC2)C[C@@H]1C. The first-order valence-corrected chi connectivity index (χ1v) is 15.0. The number of anilines is 1. The third-order valence-electron chi connectivity index (χ3n) is 8.21. The zero-order valence-corrected chi connectivity index (χ0v) is 23.6. The first kappa shape index (κ1) is 26.1. The summed E-state index contributed by atoms with van der Waals surface area (Å²) in [5.74, 6) is 0.919. The van der Waals surface area contributed by atoms with Crippen LogP contribution < -0.4 is 4.72 Å². The number of piperazine rings is 1. The number of nitrogens with one attached hydrogen (secondary N) is 1. The van der Waals surface area contributed by atoms with Gasteiger partial charge in [-0.2, -0.15) is 0 Å². The van der Waals surface area contributed by atoms with Gasteiger partial charge in [0, 0.05) is 55.2 Å². The zero-order chi connectivity index (χ0) is 25.6. The highest BCUT2D eigenvalue weighted by molar-refractivity contribution is 8.00. The first-order valence-electron chi connectivity index (χ1n) is 14.2. The van der Waals surface area contributed by atoms with E-state index in [1.807, 2.05) is 12.3 Å². The second-order valence-corrected chi connectivity index (χ2v) is 11.7. The van der Waals surface area contributed by atoms with E-state index < -0.39 is 0 Å². The topological polar surface area (TPSA) is 31.4 Å². The van der Waals surface area contributed by atoms with Crippen LogP contribution in [0.2, 0.25) is 0 Å². The monoisotopic (exact) mass is 514 g/mol. The normalized spacial score (nSPS) is 20.2. The Morgan fingerprint density at radius 3 is 2.54 bits per heavy atom. The number of pyridine rings is 1. The van der Waals surface area contributed by atoms with Crippen LogP contribution in [-0.2, 0) is 0 Å². The molecule has 196 valence electrons. The average molecular weight is 515 g/mol. The molecule has 5 heteroatoms. The van der Waals surface area contributed by atoms with Crippen molar-refractivity contribution in [3.63, 3.8) is 0 Å². The molecule has 4 nitrogen and oxygen atoms in total. The maximum atomic E-state index is 4.58. The predicted octanol–water partition coefficient (Wildman–Crippen LogP) is 8.08. The van der Waals surface area contributed by atoms with Gasteiger partial charge in [0.25, 0.3) is 0 Å². The van der Waals surface area contributed by atoms with Crippen molar-refractivity contribution in [2.75, 3.05) is 30.9 Å². The van der Waals surface area contributed by atoms with E-state index in [0.29, 0.717) is 6.04 Å². The highest BCUT2D eigenvalue weighted by atomic mass is 32.2. The molecule has 2 aliphatic rings. The molecule has 0 radical (unpaired) electrons. The van der Waals surface area contributed by atoms with Crippen molar-refractivity contribution in [3.05, 3.63) is 71.9 Å². The lowest BCUT2D eigenvalue weighted by atomic mass is 9.88. The molecule has 0 unspecified atom stereocenters. The van der Waals surface area contributed by atoms with E-state index in [0.717, 1.165) is 35.0 Å². The lowest BCUT2D eigenvalue weighted by Crippen LogP contribution is -2.52. The molecule has 3 aromatic rings. The minimum absolute atomic E-state index is 0.529. The Labute approximate surface area is 227 Å². The minimum atomic E-state index is 0.529. The molecular weight excluding hydrogens is 472 g/mol. The van der Waals surface area contributed by atoms with Gasteiger partial charge in [0.05, 0.1) is 10.4 Å². The number of para-hydroxylation sites is 1. The Morgan fingerprint density at radius 1 is 1.00 bits per heavy atom. The minimum Gasteiger partial charge on any atom is -0.366 e. The lowest BCUT2D eigenvalue weighted by Gasteiger charge is -2.44. The molecule has 1 saturated carbocycles. The fraction of sp³-hybridized carbons (Fsp3) is 0.469. The second-order valence-electron chi connectivity index (χ2n) is 10.9. The Balaban J connectivity index is 1.25. The summed E-state index contributed by atoms with van der Waals surface area (Å²) in [5, 5.41) is 1.17. The molecule has 2 aromatic carbocycles. The van der Waals surface area contributed by atoms with Crippen LogP contribution in [0.4, 0.5) is 5.69 Å². The summed E-state index contributed by atoms with van der Waals surface area (Å²) >= 11 is 1.63. The fourth-order valence-electron chi connectivity index (χ4n) is 6.06. The van der Waals surface area contributed by atoms with E-state index in [9.17, 15) is 0 Å². The number of aromatic nitrogens is 1. The van der Waals surface area contributed by atoms with Crippen molar-refractivity contribution in [2.45, 2.75) is 70.2 Å². The zero-order valence-electron chi connectivity index (χ0n) is 22.7. The molecule has 0 amide bonds. The lowest BCUT2D eigenvalue weighted by molar-refractivity contribution is 0.104. The number of hydrogen-bond acceptors (Lipinski definition) is 5. The summed E-state index contributed by atoms with van der Waals surface area (Å²) in [6, 6.07) is 20.0. The number of benzene rings is 2. The fourth-order valence-corrected chi connectivity index (χ4v) is 6.84. The molecule has 37 heavy (non-hydrogen) atoms. The van der Waals surface area contributed by atoms with Gasteiger partial charge in [0.1, 0.15) is 0 Å². The summed E-state index contributed by atoms with van der Waals surface area (Å²) < 4.78 is 3.54. The summed E-state index contributed by atoms with van der Waals surface area (Å²) in [7, 11) is 0. The van der Waals surface area contributed by atoms with E-state index in [2.05, 4.69) is 88.8 Å². The van der Waals surface area contributed by atoms with Crippen LogP contribution in [0.1, 0.15) is 64.9 Å². The van der Waals surface area contributed by atoms with Crippen LogP contribution in [0.5, 0.6) is 0 Å². The molecule has 1 N–H and O–H groups in total. The number of allylic oxidation sites excluding steroid dienone is 1. The summed E-state index contributed by atoms with van der Waals surface area (Å²) in [6.07, 6.45) is 10.1. The van der Waals surface area contributed by atoms with Crippen LogP contribution in [0, 0.1) is 5.92 Å². The quantitative estimate of drug-likeness (QED) is 0.307. The van der Waals surface area contributed by atoms with Crippen LogP contribution >= 0.6 is 11.9 Å². The number of rotatable bonds is 8. The van der Waals surface area contributed by atoms with Gasteiger partial charge < -0.3 is 9.62 Å². The van der Waals surface area contributed by atoms with Crippen molar-refractivity contribution in [3.8, 4) is 0 Å². The van der Waals surface area contributed by atoms with E-state index >= 15 is 0 Å². The van der Waals surface area contributed by atoms with Crippen LogP contribution in [0.3, 0.4) is 0 Å². The highest BCUT2D eigenvalue weighted by Gasteiger charge is 2.28. The number of fused-ring (bicyclic) bond motifs is 1. The first-order chi connectivity index (χ1) is 18.1. The van der Waals surface area contributed by atoms with Crippen molar-refractivity contribution in [1.29, 1.82) is 0 Å². The van der Waals surface area contributed by atoms with Crippen molar-refractivity contribution in [2.24, 2.45) is 5.92 Å². The molecule has 1 aliphatic heterocycles.